The van der Waals surface area contributed by atoms with E-state index < -0.39 is 147 Å². The monoisotopic (exact) mass is 743 g/mol. The van der Waals surface area contributed by atoms with Crippen LogP contribution >= 0.6 is 0 Å². The lowest BCUT2D eigenvalue weighted by Gasteiger charge is -2.48. The quantitative estimate of drug-likeness (QED) is 0.0501. The predicted molar refractivity (Wildman–Crippen MR) is 165 cm³/mol. The molecule has 1 aliphatic carbocycles. The smallest absolute Gasteiger partial charge is 0.188 e. The first kappa shape index (κ1) is 41.3. The van der Waals surface area contributed by atoms with Crippen molar-refractivity contribution in [3.8, 4) is 0 Å². The summed E-state index contributed by atoms with van der Waals surface area (Å²) in [5, 5.41) is 119. The number of aldehydes is 1. The van der Waals surface area contributed by atoms with Crippen molar-refractivity contribution in [3.05, 3.63) is 0 Å². The topological polar surface area (TPSA) is 413 Å². The molecule has 3 heterocycles. The number of aliphatic imine (C=N–C) groups is 1. The Balaban J connectivity index is 1.60. The molecule has 19 N–H and O–H groups in total. The minimum atomic E-state index is -2.50. The molecule has 0 amide bonds. The highest BCUT2D eigenvalue weighted by atomic mass is 16.8. The van der Waals surface area contributed by atoms with Gasteiger partial charge in [-0.1, -0.05) is 0 Å². The third kappa shape index (κ3) is 8.06. The molecule has 0 aromatic carbocycles. The van der Waals surface area contributed by atoms with Crippen LogP contribution in [0.5, 0.6) is 0 Å². The number of nitrogens with two attached hydrogens (primary N) is 3. The van der Waals surface area contributed by atoms with E-state index in [0.29, 0.717) is 0 Å². The maximum atomic E-state index is 12.3. The molecule has 24 nitrogen and oxygen atoms in total. The van der Waals surface area contributed by atoms with Crippen LogP contribution in [-0.2, 0) is 33.2 Å². The molecular weight excluding hydrogens is 694 g/mol. The van der Waals surface area contributed by atoms with Crippen molar-refractivity contribution >= 4 is 18.2 Å². The molecule has 4 fully saturated rings. The normalized spacial score (nSPS) is 48.9. The van der Waals surface area contributed by atoms with Crippen molar-refractivity contribution in [1.29, 1.82) is 5.41 Å². The van der Waals surface area contributed by atoms with Gasteiger partial charge in [-0.05, 0) is 14.0 Å². The zero-order valence-corrected chi connectivity index (χ0v) is 27.5. The van der Waals surface area contributed by atoms with Crippen molar-refractivity contribution in [1.82, 2.24) is 10.6 Å². The number of ether oxygens (including phenoxy) is 6. The van der Waals surface area contributed by atoms with Crippen LogP contribution < -0.4 is 27.8 Å². The molecule has 0 spiro atoms. The van der Waals surface area contributed by atoms with E-state index in [2.05, 4.69) is 15.6 Å². The number of aliphatic hydroxyl groups excluding tert-OH is 9. The highest BCUT2D eigenvalue weighted by Crippen LogP contribution is 2.39. The standard InChI is InChI=1S/C27H49N7O17/c1-6-27(45,5-37)21(24(46-6)50-20-10(34-26(30)31)13(39)9(33-25(28)29)14(40)17(20)43)51-22-11(32-2)15(41)19(8(4-36)48-22)49-23-18(44)16(42)12(38)7(3-35)47-23/h5-24,32,35-36,38-45H,3-4H2,1-2H3,(H4,28,29,33)(H4,30,31,34)/t6-,7-,8-,9+,10-,11-,12+,13+,14-,15-,16-,17+,18-,19-,20+,21-,22-,23+,24-,27+/m0/s1. The van der Waals surface area contributed by atoms with Crippen LogP contribution in [-0.4, -0.2) is 211 Å². The second-order valence-electron chi connectivity index (χ2n) is 12.7. The van der Waals surface area contributed by atoms with Crippen molar-refractivity contribution in [2.45, 2.75) is 129 Å². The SMILES string of the molecule is CN[C@@H]1[C@H](O[C@H]2[C@H](O[C@H]3[C@H](O)[C@@H](O)[C@H](N=C(N)N)[C@@H](O)[C@@H]3NC(=N)N)O[C@@H](C)[C@]2(O)C=O)O[C@@H](CO)[C@H](O[C@H]2O[C@@H](CO)[C@@H](O)[C@H](O)[C@@H]2O)[C@H]1O. The van der Waals surface area contributed by atoms with Crippen LogP contribution in [0.3, 0.4) is 0 Å². The summed E-state index contributed by atoms with van der Waals surface area (Å²) in [6.45, 7) is -0.345. The third-order valence-electron chi connectivity index (χ3n) is 9.51. The molecule has 3 saturated heterocycles. The molecule has 294 valence electrons. The summed E-state index contributed by atoms with van der Waals surface area (Å²) >= 11 is 0. The average Bonchev–Trinajstić information content (AvgIpc) is 3.32. The molecule has 0 radical (unpaired) electrons. The number of rotatable bonds is 12. The molecular formula is C27H49N7O17. The van der Waals surface area contributed by atoms with E-state index in [4.69, 9.17) is 51.0 Å². The molecule has 0 unspecified atom stereocenters. The average molecular weight is 744 g/mol. The molecule has 4 aliphatic rings. The molecule has 0 aromatic rings. The summed E-state index contributed by atoms with van der Waals surface area (Å²) in [4.78, 5) is 16.1. The van der Waals surface area contributed by atoms with Crippen LogP contribution in [0.2, 0.25) is 0 Å². The van der Waals surface area contributed by atoms with E-state index >= 15 is 0 Å². The van der Waals surface area contributed by atoms with Crippen LogP contribution in [0, 0.1) is 5.41 Å². The first-order valence-corrected chi connectivity index (χ1v) is 15.9. The Morgan fingerprint density at radius 2 is 1.39 bits per heavy atom. The van der Waals surface area contributed by atoms with E-state index in [1.165, 1.54) is 14.0 Å². The zero-order valence-electron chi connectivity index (χ0n) is 27.5. The number of guanidine groups is 2. The number of hydrogen-bond donors (Lipinski definition) is 16. The number of nitrogens with zero attached hydrogens (tertiary/aromatic N) is 1. The van der Waals surface area contributed by atoms with Gasteiger partial charge in [-0.25, -0.2) is 4.99 Å². The van der Waals surface area contributed by atoms with Gasteiger partial charge in [0, 0.05) is 0 Å². The number of carbonyl (C=O) groups is 1. The zero-order chi connectivity index (χ0) is 38.1. The Morgan fingerprint density at radius 3 is 1.94 bits per heavy atom. The van der Waals surface area contributed by atoms with E-state index in [1.54, 1.807) is 0 Å². The van der Waals surface area contributed by atoms with Gasteiger partial charge in [0.2, 0.25) is 0 Å². The first-order chi connectivity index (χ1) is 23.9. The molecule has 4 rings (SSSR count). The maximum Gasteiger partial charge on any atom is 0.188 e. The van der Waals surface area contributed by atoms with E-state index in [0.717, 1.165) is 0 Å². The summed E-state index contributed by atoms with van der Waals surface area (Å²) in [6.07, 6.45) is -27.0. The lowest BCUT2D eigenvalue weighted by Crippen LogP contribution is -2.70. The van der Waals surface area contributed by atoms with Gasteiger partial charge in [0.05, 0.1) is 31.4 Å². The van der Waals surface area contributed by atoms with Gasteiger partial charge in [0.15, 0.2) is 42.7 Å². The van der Waals surface area contributed by atoms with Gasteiger partial charge in [0.1, 0.15) is 79.3 Å². The molecule has 0 aromatic heterocycles. The largest absolute Gasteiger partial charge is 0.394 e. The molecule has 24 heteroatoms. The first-order valence-electron chi connectivity index (χ1n) is 15.9. The van der Waals surface area contributed by atoms with E-state index in [-0.39, 0.29) is 6.29 Å². The van der Waals surface area contributed by atoms with Crippen molar-refractivity contribution in [3.63, 3.8) is 0 Å². The lowest BCUT2D eigenvalue weighted by atomic mass is 9.81. The van der Waals surface area contributed by atoms with Crippen LogP contribution in [0.1, 0.15) is 6.92 Å². The highest BCUT2D eigenvalue weighted by Gasteiger charge is 2.61. The second kappa shape index (κ2) is 16.7. The number of likely N-dealkylation sites (N-methyl/N-ethyl adjacent to an activating group) is 1. The molecule has 1 saturated carbocycles. The fourth-order valence-corrected chi connectivity index (χ4v) is 6.62. The minimum Gasteiger partial charge on any atom is -0.394 e. The molecule has 51 heavy (non-hydrogen) atoms. The van der Waals surface area contributed by atoms with Crippen LogP contribution in [0.4, 0.5) is 0 Å². The van der Waals surface area contributed by atoms with E-state index in [9.17, 15) is 55.9 Å². The second-order valence-corrected chi connectivity index (χ2v) is 12.7. The predicted octanol–water partition coefficient (Wildman–Crippen LogP) is -10.1. The summed E-state index contributed by atoms with van der Waals surface area (Å²) in [6, 6.07) is -4.34. The minimum absolute atomic E-state index is 0.0922. The van der Waals surface area contributed by atoms with Gasteiger partial charge in [-0.3, -0.25) is 10.2 Å². The summed E-state index contributed by atoms with van der Waals surface area (Å²) in [5.74, 6) is -1.24. The van der Waals surface area contributed by atoms with Gasteiger partial charge in [-0.2, -0.15) is 0 Å². The van der Waals surface area contributed by atoms with Crippen molar-refractivity contribution in [2.75, 3.05) is 20.3 Å². The fourth-order valence-electron chi connectivity index (χ4n) is 6.62. The Kier molecular flexibility index (Phi) is 13.5. The van der Waals surface area contributed by atoms with Crippen LogP contribution in [0.15, 0.2) is 4.99 Å². The van der Waals surface area contributed by atoms with Crippen molar-refractivity contribution < 1.29 is 84.3 Å². The van der Waals surface area contributed by atoms with Gasteiger partial charge in [-0.15, -0.1) is 0 Å². The summed E-state index contributed by atoms with van der Waals surface area (Å²) in [7, 11) is 1.36. The Morgan fingerprint density at radius 1 is 0.784 bits per heavy atom. The van der Waals surface area contributed by atoms with Gasteiger partial charge >= 0.3 is 0 Å². The highest BCUT2D eigenvalue weighted by molar-refractivity contribution is 5.76. The van der Waals surface area contributed by atoms with E-state index in [1.807, 2.05) is 0 Å². The van der Waals surface area contributed by atoms with Crippen molar-refractivity contribution in [2.24, 2.45) is 22.2 Å². The lowest BCUT2D eigenvalue weighted by molar-refractivity contribution is -0.357. The maximum absolute atomic E-state index is 12.3. The Hall–Kier alpha value is -2.47. The summed E-state index contributed by atoms with van der Waals surface area (Å²) < 4.78 is 34.6. The van der Waals surface area contributed by atoms with Gasteiger partial charge in [0.25, 0.3) is 0 Å². The Labute approximate surface area is 290 Å². The number of hydrogen-bond acceptors (Lipinski definition) is 20. The number of carbonyl (C=O) groups excluding carboxylic acids is 1. The number of nitrogens with one attached hydrogen (secondary N) is 3. The number of aliphatic hydroxyl groups is 10. The van der Waals surface area contributed by atoms with Gasteiger partial charge < -0.3 is 107 Å². The Bertz CT molecular complexity index is 1220. The molecule has 0 bridgehead atoms. The summed E-state index contributed by atoms with van der Waals surface area (Å²) in [5.41, 5.74) is 13.8. The fraction of sp³-hybridized carbons (Fsp3) is 0.889. The molecule has 3 aliphatic heterocycles. The third-order valence-corrected chi connectivity index (χ3v) is 9.51. The van der Waals surface area contributed by atoms with Crippen LogP contribution in [0.25, 0.3) is 0 Å². The molecule has 20 atom stereocenters.